The normalized spacial score (nSPS) is 10.3. The third kappa shape index (κ3) is 3.72. The van der Waals surface area contributed by atoms with Gasteiger partial charge in [-0.15, -0.1) is 0 Å². The van der Waals surface area contributed by atoms with E-state index in [0.717, 1.165) is 17.7 Å². The Morgan fingerprint density at radius 1 is 1.32 bits per heavy atom. The number of para-hydroxylation sites is 1. The average molecular weight is 300 g/mol. The van der Waals surface area contributed by atoms with Gasteiger partial charge in [-0.3, -0.25) is 14.3 Å². The summed E-state index contributed by atoms with van der Waals surface area (Å²) in [5, 5.41) is 6.81. The molecule has 1 aromatic carbocycles. The number of aromatic nitrogens is 2. The van der Waals surface area contributed by atoms with Crippen molar-refractivity contribution in [2.45, 2.75) is 13.3 Å². The fourth-order valence-electron chi connectivity index (χ4n) is 2.18. The standard InChI is InChI=1S/C16H20N4O2/c1-4-12-7-5-6-8-14(12)18-15(21)11-19(2)16(22)13-9-17-20(3)10-13/h5-10H,4,11H2,1-3H3,(H,18,21). The van der Waals surface area contributed by atoms with Gasteiger partial charge in [0.15, 0.2) is 0 Å². The van der Waals surface area contributed by atoms with E-state index in [1.807, 2.05) is 31.2 Å². The first-order valence-corrected chi connectivity index (χ1v) is 7.13. The van der Waals surface area contributed by atoms with Gasteiger partial charge in [0, 0.05) is 26.0 Å². The van der Waals surface area contributed by atoms with Gasteiger partial charge in [0.25, 0.3) is 5.91 Å². The van der Waals surface area contributed by atoms with E-state index in [4.69, 9.17) is 0 Å². The van der Waals surface area contributed by atoms with Crippen LogP contribution in [0.3, 0.4) is 0 Å². The zero-order valence-corrected chi connectivity index (χ0v) is 13.0. The Morgan fingerprint density at radius 3 is 2.68 bits per heavy atom. The van der Waals surface area contributed by atoms with Gasteiger partial charge in [-0.25, -0.2) is 0 Å². The van der Waals surface area contributed by atoms with Crippen molar-refractivity contribution in [3.05, 3.63) is 47.8 Å². The number of nitrogens with one attached hydrogen (secondary N) is 1. The number of benzene rings is 1. The van der Waals surface area contributed by atoms with Crippen molar-refractivity contribution in [2.75, 3.05) is 18.9 Å². The maximum atomic E-state index is 12.2. The topological polar surface area (TPSA) is 67.2 Å². The second-order valence-corrected chi connectivity index (χ2v) is 5.12. The number of amides is 2. The first-order valence-electron chi connectivity index (χ1n) is 7.13. The molecule has 0 saturated carbocycles. The second kappa shape index (κ2) is 6.89. The fraction of sp³-hybridized carbons (Fsp3) is 0.312. The molecule has 0 atom stereocenters. The predicted octanol–water partition coefficient (Wildman–Crippen LogP) is 1.69. The molecule has 1 aromatic heterocycles. The number of nitrogens with zero attached hydrogens (tertiary/aromatic N) is 3. The Bertz CT molecular complexity index is 678. The lowest BCUT2D eigenvalue weighted by atomic mass is 10.1. The molecule has 0 bridgehead atoms. The van der Waals surface area contributed by atoms with Gasteiger partial charge in [0.2, 0.25) is 5.91 Å². The summed E-state index contributed by atoms with van der Waals surface area (Å²) in [5.74, 6) is -0.451. The highest BCUT2D eigenvalue weighted by Crippen LogP contribution is 2.15. The van der Waals surface area contributed by atoms with E-state index in [9.17, 15) is 9.59 Å². The van der Waals surface area contributed by atoms with Gasteiger partial charge < -0.3 is 10.2 Å². The van der Waals surface area contributed by atoms with Crippen LogP contribution < -0.4 is 5.32 Å². The van der Waals surface area contributed by atoms with Gasteiger partial charge >= 0.3 is 0 Å². The molecule has 2 rings (SSSR count). The van der Waals surface area contributed by atoms with E-state index in [-0.39, 0.29) is 18.4 Å². The van der Waals surface area contributed by atoms with Crippen LogP contribution in [-0.4, -0.2) is 40.1 Å². The first-order chi connectivity index (χ1) is 10.5. The summed E-state index contributed by atoms with van der Waals surface area (Å²) < 4.78 is 1.55. The summed E-state index contributed by atoms with van der Waals surface area (Å²) in [4.78, 5) is 25.6. The molecule has 2 aromatic rings. The van der Waals surface area contributed by atoms with Crippen molar-refractivity contribution < 1.29 is 9.59 Å². The summed E-state index contributed by atoms with van der Waals surface area (Å²) in [6.07, 6.45) is 3.95. The molecule has 0 aliphatic rings. The second-order valence-electron chi connectivity index (χ2n) is 5.12. The summed E-state index contributed by atoms with van der Waals surface area (Å²) in [7, 11) is 3.34. The zero-order chi connectivity index (χ0) is 16.1. The predicted molar refractivity (Wildman–Crippen MR) is 84.6 cm³/mol. The smallest absolute Gasteiger partial charge is 0.257 e. The zero-order valence-electron chi connectivity index (χ0n) is 13.0. The summed E-state index contributed by atoms with van der Waals surface area (Å²) in [5.41, 5.74) is 2.32. The quantitative estimate of drug-likeness (QED) is 0.914. The molecule has 0 aliphatic carbocycles. The minimum absolute atomic E-state index is 0.00816. The molecule has 0 spiro atoms. The van der Waals surface area contributed by atoms with Crippen LogP contribution in [-0.2, 0) is 18.3 Å². The molecular weight excluding hydrogens is 280 g/mol. The minimum Gasteiger partial charge on any atom is -0.332 e. The maximum absolute atomic E-state index is 12.2. The van der Waals surface area contributed by atoms with E-state index < -0.39 is 0 Å². The number of hydrogen-bond donors (Lipinski definition) is 1. The van der Waals surface area contributed by atoms with E-state index in [0.29, 0.717) is 5.56 Å². The van der Waals surface area contributed by atoms with Crippen molar-refractivity contribution in [3.8, 4) is 0 Å². The number of carbonyl (C=O) groups is 2. The molecule has 1 heterocycles. The lowest BCUT2D eigenvalue weighted by molar-refractivity contribution is -0.116. The third-order valence-electron chi connectivity index (χ3n) is 3.35. The summed E-state index contributed by atoms with van der Waals surface area (Å²) in [6.45, 7) is 2.02. The van der Waals surface area contributed by atoms with Gasteiger partial charge in [-0.1, -0.05) is 25.1 Å². The summed E-state index contributed by atoms with van der Waals surface area (Å²) >= 11 is 0. The molecule has 0 saturated heterocycles. The largest absolute Gasteiger partial charge is 0.332 e. The molecule has 1 N–H and O–H groups in total. The molecule has 2 amide bonds. The van der Waals surface area contributed by atoms with Crippen molar-refractivity contribution in [3.63, 3.8) is 0 Å². The van der Waals surface area contributed by atoms with Crippen molar-refractivity contribution in [1.29, 1.82) is 0 Å². The molecule has 0 radical (unpaired) electrons. The fourth-order valence-corrected chi connectivity index (χ4v) is 2.18. The molecule has 0 unspecified atom stereocenters. The van der Waals surface area contributed by atoms with E-state index >= 15 is 0 Å². The molecule has 6 nitrogen and oxygen atoms in total. The highest BCUT2D eigenvalue weighted by molar-refractivity contribution is 5.99. The van der Waals surface area contributed by atoms with Crippen LogP contribution >= 0.6 is 0 Å². The van der Waals surface area contributed by atoms with Crippen LogP contribution in [0.2, 0.25) is 0 Å². The van der Waals surface area contributed by atoms with E-state index in [1.54, 1.807) is 25.0 Å². The maximum Gasteiger partial charge on any atom is 0.257 e. The lowest BCUT2D eigenvalue weighted by Gasteiger charge is -2.16. The Morgan fingerprint density at radius 2 is 2.05 bits per heavy atom. The molecule has 0 fully saturated rings. The molecule has 0 aliphatic heterocycles. The van der Waals surface area contributed by atoms with Crippen molar-refractivity contribution in [2.24, 2.45) is 7.05 Å². The van der Waals surface area contributed by atoms with Gasteiger partial charge in [0.1, 0.15) is 0 Å². The van der Waals surface area contributed by atoms with Crippen LogP contribution in [0.4, 0.5) is 5.69 Å². The van der Waals surface area contributed by atoms with E-state index in [2.05, 4.69) is 10.4 Å². The van der Waals surface area contributed by atoms with Gasteiger partial charge in [0.05, 0.1) is 18.3 Å². The highest BCUT2D eigenvalue weighted by Gasteiger charge is 2.16. The number of aryl methyl sites for hydroxylation is 2. The van der Waals surface area contributed by atoms with Crippen molar-refractivity contribution in [1.82, 2.24) is 14.7 Å². The highest BCUT2D eigenvalue weighted by atomic mass is 16.2. The molecule has 116 valence electrons. The third-order valence-corrected chi connectivity index (χ3v) is 3.35. The average Bonchev–Trinajstić information content (AvgIpc) is 2.93. The molecule has 22 heavy (non-hydrogen) atoms. The van der Waals surface area contributed by atoms with Crippen LogP contribution in [0.1, 0.15) is 22.8 Å². The summed E-state index contributed by atoms with van der Waals surface area (Å²) in [6, 6.07) is 7.64. The number of rotatable bonds is 5. The number of likely N-dealkylation sites (N-methyl/N-ethyl adjacent to an activating group) is 1. The van der Waals surface area contributed by atoms with E-state index in [1.165, 1.54) is 11.1 Å². The van der Waals surface area contributed by atoms with Crippen LogP contribution in [0.25, 0.3) is 0 Å². The Hall–Kier alpha value is -2.63. The number of carbonyl (C=O) groups excluding carboxylic acids is 2. The van der Waals surface area contributed by atoms with Gasteiger partial charge in [-0.2, -0.15) is 5.10 Å². The van der Waals surface area contributed by atoms with Crippen LogP contribution in [0, 0.1) is 0 Å². The van der Waals surface area contributed by atoms with Crippen molar-refractivity contribution >= 4 is 17.5 Å². The van der Waals surface area contributed by atoms with Crippen LogP contribution in [0.15, 0.2) is 36.7 Å². The lowest BCUT2D eigenvalue weighted by Crippen LogP contribution is -2.34. The Labute approximate surface area is 129 Å². The SMILES string of the molecule is CCc1ccccc1NC(=O)CN(C)C(=O)c1cnn(C)c1. The van der Waals surface area contributed by atoms with Crippen LogP contribution in [0.5, 0.6) is 0 Å². The van der Waals surface area contributed by atoms with Gasteiger partial charge in [-0.05, 0) is 18.1 Å². The number of anilines is 1. The Balaban J connectivity index is 1.98. The Kier molecular flexibility index (Phi) is 4.93. The molecular formula is C16H20N4O2. The first kappa shape index (κ1) is 15.8. The monoisotopic (exact) mass is 300 g/mol. The number of hydrogen-bond acceptors (Lipinski definition) is 3. The minimum atomic E-state index is -0.230. The molecule has 6 heteroatoms.